The fourth-order valence-corrected chi connectivity index (χ4v) is 2.28. The van der Waals surface area contributed by atoms with Gasteiger partial charge in [-0.05, 0) is 0 Å². The third-order valence-corrected chi connectivity index (χ3v) is 3.77. The number of hydrazone groups is 1. The molecule has 2 rings (SSSR count). The first-order valence-corrected chi connectivity index (χ1v) is 8.39. The van der Waals surface area contributed by atoms with E-state index in [2.05, 4.69) is 20.7 Å². The molecule has 19 heteroatoms. The second-order valence-electron chi connectivity index (χ2n) is 5.93. The standard InChI is InChI=1S/C15H11N9O10/c16-15(19-17-5-7-1-9(21(27)28)3-11(13(7)25)23(31)32)20-18-6-8-2-10(22(29)30)4-12(14(8)26)24(33)34/h1-6,25-26H,(H3,16,19,20)/b17-5-,18-6+. The van der Waals surface area contributed by atoms with E-state index in [9.17, 15) is 50.7 Å². The van der Waals surface area contributed by atoms with E-state index >= 15 is 0 Å². The summed E-state index contributed by atoms with van der Waals surface area (Å²) in [5.74, 6) is -2.37. The van der Waals surface area contributed by atoms with Gasteiger partial charge < -0.3 is 15.9 Å². The normalized spacial score (nSPS) is 11.6. The number of benzene rings is 2. The number of nitro benzene ring substituents is 4. The number of aromatic hydroxyl groups is 2. The lowest BCUT2D eigenvalue weighted by Gasteiger charge is -2.01. The van der Waals surface area contributed by atoms with Gasteiger partial charge in [-0.1, -0.05) is 0 Å². The molecule has 0 aliphatic heterocycles. The summed E-state index contributed by atoms with van der Waals surface area (Å²) < 4.78 is 0. The lowest BCUT2D eigenvalue weighted by Crippen LogP contribution is -2.26. The average molecular weight is 477 g/mol. The van der Waals surface area contributed by atoms with Crippen LogP contribution < -0.4 is 11.2 Å². The van der Waals surface area contributed by atoms with Crippen LogP contribution >= 0.6 is 0 Å². The summed E-state index contributed by atoms with van der Waals surface area (Å²) in [7, 11) is 0. The Hall–Kier alpha value is -5.75. The summed E-state index contributed by atoms with van der Waals surface area (Å²) in [6, 6.07) is 2.70. The van der Waals surface area contributed by atoms with Crippen molar-refractivity contribution in [2.75, 3.05) is 0 Å². The van der Waals surface area contributed by atoms with Gasteiger partial charge in [-0.15, -0.1) is 5.10 Å². The Morgan fingerprint density at radius 3 is 1.65 bits per heavy atom. The molecule has 0 fully saturated rings. The first-order valence-electron chi connectivity index (χ1n) is 8.39. The number of rotatable bonds is 8. The number of guanidine groups is 1. The molecule has 0 aromatic heterocycles. The van der Waals surface area contributed by atoms with Crippen LogP contribution in [0.25, 0.3) is 0 Å². The molecule has 0 amide bonds. The highest BCUT2D eigenvalue weighted by Crippen LogP contribution is 2.34. The van der Waals surface area contributed by atoms with Gasteiger partial charge in [-0.2, -0.15) is 10.2 Å². The van der Waals surface area contributed by atoms with Gasteiger partial charge in [0.15, 0.2) is 0 Å². The highest BCUT2D eigenvalue weighted by molar-refractivity contribution is 5.89. The van der Waals surface area contributed by atoms with E-state index in [-0.39, 0.29) is 0 Å². The molecule has 2 aromatic rings. The number of nitro groups is 4. The van der Waals surface area contributed by atoms with Crippen LogP contribution in [0.4, 0.5) is 22.7 Å². The maximum atomic E-state index is 10.9. The molecular weight excluding hydrogens is 466 g/mol. The number of phenolic OH excluding ortho intramolecular Hbond substituents is 2. The van der Waals surface area contributed by atoms with Gasteiger partial charge in [0, 0.05) is 12.1 Å². The molecular formula is C15H11N9O10. The molecule has 0 saturated carbocycles. The Morgan fingerprint density at radius 2 is 1.24 bits per heavy atom. The minimum absolute atomic E-state index is 0.404. The largest absolute Gasteiger partial charge is 0.502 e. The molecule has 0 bridgehead atoms. The zero-order valence-electron chi connectivity index (χ0n) is 16.3. The Labute approximate surface area is 185 Å². The maximum absolute atomic E-state index is 10.9. The topological polar surface area (TPSA) is 288 Å². The summed E-state index contributed by atoms with van der Waals surface area (Å²) in [5, 5.41) is 73.6. The van der Waals surface area contributed by atoms with Crippen LogP contribution in [-0.2, 0) is 0 Å². The van der Waals surface area contributed by atoms with Crippen LogP contribution in [0.3, 0.4) is 0 Å². The first-order chi connectivity index (χ1) is 15.9. The Morgan fingerprint density at radius 1 is 0.794 bits per heavy atom. The zero-order valence-corrected chi connectivity index (χ0v) is 16.3. The van der Waals surface area contributed by atoms with Crippen molar-refractivity contribution in [3.8, 4) is 11.5 Å². The predicted octanol–water partition coefficient (Wildman–Crippen LogP) is 1.00. The summed E-state index contributed by atoms with van der Waals surface area (Å²) in [4.78, 5) is 39.7. The van der Waals surface area contributed by atoms with Gasteiger partial charge in [0.2, 0.25) is 17.5 Å². The fraction of sp³-hybridized carbons (Fsp3) is 0. The van der Waals surface area contributed by atoms with Gasteiger partial charge in [-0.3, -0.25) is 40.5 Å². The molecule has 5 N–H and O–H groups in total. The van der Waals surface area contributed by atoms with E-state index in [0.29, 0.717) is 12.1 Å². The number of nitrogens with two attached hydrogens (primary N) is 1. The van der Waals surface area contributed by atoms with E-state index in [0.717, 1.165) is 24.6 Å². The molecule has 2 aromatic carbocycles. The summed E-state index contributed by atoms with van der Waals surface area (Å²) in [5.41, 5.74) is 3.42. The molecule has 0 aliphatic rings. The average Bonchev–Trinajstić information content (AvgIpc) is 2.75. The highest BCUT2D eigenvalue weighted by atomic mass is 16.6. The number of hydrogen-bond donors (Lipinski definition) is 4. The van der Waals surface area contributed by atoms with Crippen molar-refractivity contribution in [3.63, 3.8) is 0 Å². The van der Waals surface area contributed by atoms with Gasteiger partial charge in [0.1, 0.15) is 0 Å². The third kappa shape index (κ3) is 5.69. The van der Waals surface area contributed by atoms with Crippen molar-refractivity contribution in [1.29, 1.82) is 0 Å². The minimum Gasteiger partial charge on any atom is -0.502 e. The second-order valence-corrected chi connectivity index (χ2v) is 5.93. The quantitative estimate of drug-likeness (QED) is 0.179. The number of phenols is 2. The Bertz CT molecular complexity index is 1290. The molecule has 0 spiro atoms. The van der Waals surface area contributed by atoms with Crippen molar-refractivity contribution < 1.29 is 29.9 Å². The van der Waals surface area contributed by atoms with Crippen LogP contribution in [-0.4, -0.2) is 48.3 Å². The number of hydrogen-bond acceptors (Lipinski definition) is 13. The monoisotopic (exact) mass is 477 g/mol. The van der Waals surface area contributed by atoms with E-state index in [4.69, 9.17) is 5.73 Å². The molecule has 0 atom stereocenters. The molecule has 0 aliphatic carbocycles. The van der Waals surface area contributed by atoms with Gasteiger partial charge >= 0.3 is 11.4 Å². The van der Waals surface area contributed by atoms with E-state index in [1.165, 1.54) is 0 Å². The van der Waals surface area contributed by atoms with Crippen molar-refractivity contribution in [2.45, 2.75) is 0 Å². The third-order valence-electron chi connectivity index (χ3n) is 3.77. The second kappa shape index (κ2) is 10.0. The molecule has 0 saturated heterocycles. The maximum Gasteiger partial charge on any atom is 0.318 e. The van der Waals surface area contributed by atoms with Crippen molar-refractivity contribution in [1.82, 2.24) is 5.43 Å². The van der Waals surface area contributed by atoms with Gasteiger partial charge in [-0.25, -0.2) is 5.43 Å². The van der Waals surface area contributed by atoms with Crippen LogP contribution in [0.15, 0.2) is 39.6 Å². The number of non-ortho nitro benzene ring substituents is 2. The van der Waals surface area contributed by atoms with Crippen LogP contribution in [0, 0.1) is 40.5 Å². The molecule has 19 nitrogen and oxygen atoms in total. The van der Waals surface area contributed by atoms with Crippen molar-refractivity contribution in [3.05, 3.63) is 75.8 Å². The van der Waals surface area contributed by atoms with Crippen LogP contribution in [0.2, 0.25) is 0 Å². The van der Waals surface area contributed by atoms with Gasteiger partial charge in [0.05, 0.1) is 55.4 Å². The molecule has 34 heavy (non-hydrogen) atoms. The SMILES string of the molecule is N/C(=N/N=C\c1cc([N+](=O)[O-])cc([N+](=O)[O-])c1O)N/N=C/c1cc([N+](=O)[O-])cc([N+](=O)[O-])c1O. The lowest BCUT2D eigenvalue weighted by atomic mass is 10.1. The highest BCUT2D eigenvalue weighted by Gasteiger charge is 2.24. The lowest BCUT2D eigenvalue weighted by molar-refractivity contribution is -0.395. The van der Waals surface area contributed by atoms with Crippen LogP contribution in [0.1, 0.15) is 11.1 Å². The van der Waals surface area contributed by atoms with E-state index in [1.54, 1.807) is 0 Å². The van der Waals surface area contributed by atoms with E-state index < -0.39 is 71.0 Å². The Balaban J connectivity index is 2.25. The molecule has 176 valence electrons. The Kier molecular flexibility index (Phi) is 7.24. The predicted molar refractivity (Wildman–Crippen MR) is 113 cm³/mol. The summed E-state index contributed by atoms with van der Waals surface area (Å²) in [6.45, 7) is 0. The number of nitrogens with one attached hydrogen (secondary N) is 1. The molecule has 0 radical (unpaired) electrons. The molecule has 0 unspecified atom stereocenters. The fourth-order valence-electron chi connectivity index (χ4n) is 2.28. The minimum atomic E-state index is -1.04. The van der Waals surface area contributed by atoms with Crippen molar-refractivity contribution in [2.24, 2.45) is 21.0 Å². The summed E-state index contributed by atoms with van der Waals surface area (Å²) in [6.07, 6.45) is 1.49. The van der Waals surface area contributed by atoms with Crippen molar-refractivity contribution >= 4 is 41.1 Å². The van der Waals surface area contributed by atoms with E-state index in [1.807, 2.05) is 0 Å². The number of nitrogens with zero attached hydrogens (tertiary/aromatic N) is 7. The molecule has 0 heterocycles. The van der Waals surface area contributed by atoms with Gasteiger partial charge in [0.25, 0.3) is 11.4 Å². The first kappa shape index (κ1) is 24.5. The zero-order chi connectivity index (χ0) is 25.6. The summed E-state index contributed by atoms with van der Waals surface area (Å²) >= 11 is 0. The van der Waals surface area contributed by atoms with Crippen LogP contribution in [0.5, 0.6) is 11.5 Å². The smallest absolute Gasteiger partial charge is 0.318 e.